The maximum atomic E-state index is 12.4. The Morgan fingerprint density at radius 1 is 1.17 bits per heavy atom. The van der Waals surface area contributed by atoms with Gasteiger partial charge >= 0.3 is 0 Å². The molecule has 1 aromatic carbocycles. The predicted octanol–water partition coefficient (Wildman–Crippen LogP) is 3.00. The maximum absolute atomic E-state index is 12.4. The molecule has 1 amide bonds. The molecule has 0 aliphatic carbocycles. The van der Waals surface area contributed by atoms with E-state index in [4.69, 9.17) is 22.1 Å². The van der Waals surface area contributed by atoms with Crippen LogP contribution in [-0.4, -0.2) is 35.0 Å². The second-order valence-electron chi connectivity index (χ2n) is 5.54. The van der Waals surface area contributed by atoms with Crippen LogP contribution in [-0.2, 0) is 0 Å². The summed E-state index contributed by atoms with van der Waals surface area (Å²) in [6.45, 7) is 1.34. The number of carbonyl (C=O) groups excluding carboxylic acids is 1. The average molecular weight is 332 g/mol. The van der Waals surface area contributed by atoms with Crippen LogP contribution in [0, 0.1) is 0 Å². The Kier molecular flexibility index (Phi) is 4.67. The minimum absolute atomic E-state index is 0.0116. The van der Waals surface area contributed by atoms with Crippen LogP contribution in [0.4, 0.5) is 5.82 Å². The lowest BCUT2D eigenvalue weighted by Gasteiger charge is -2.32. The fourth-order valence-corrected chi connectivity index (χ4v) is 2.72. The van der Waals surface area contributed by atoms with Crippen molar-refractivity contribution in [3.63, 3.8) is 0 Å². The van der Waals surface area contributed by atoms with Crippen LogP contribution >= 0.6 is 11.6 Å². The lowest BCUT2D eigenvalue weighted by molar-refractivity contribution is 0.0595. The van der Waals surface area contributed by atoms with Crippen molar-refractivity contribution in [3.8, 4) is 5.75 Å². The Hall–Kier alpha value is -2.27. The summed E-state index contributed by atoms with van der Waals surface area (Å²) in [5, 5.41) is 0.690. The Morgan fingerprint density at radius 2 is 1.87 bits per heavy atom. The number of hydrogen-bond acceptors (Lipinski definition) is 4. The lowest BCUT2D eigenvalue weighted by atomic mass is 10.1. The Morgan fingerprint density at radius 3 is 2.48 bits per heavy atom. The molecule has 0 spiro atoms. The van der Waals surface area contributed by atoms with Gasteiger partial charge in [0.15, 0.2) is 0 Å². The van der Waals surface area contributed by atoms with E-state index < -0.39 is 0 Å². The molecule has 23 heavy (non-hydrogen) atoms. The van der Waals surface area contributed by atoms with Gasteiger partial charge in [-0.15, -0.1) is 0 Å². The average Bonchev–Trinajstić information content (AvgIpc) is 2.58. The zero-order valence-corrected chi connectivity index (χ0v) is 13.4. The van der Waals surface area contributed by atoms with E-state index in [0.29, 0.717) is 29.5 Å². The predicted molar refractivity (Wildman–Crippen MR) is 89.7 cm³/mol. The lowest BCUT2D eigenvalue weighted by Crippen LogP contribution is -2.41. The molecule has 1 fully saturated rings. The number of likely N-dealkylation sites (tertiary alicyclic amines) is 1. The van der Waals surface area contributed by atoms with Gasteiger partial charge in [-0.3, -0.25) is 4.79 Å². The monoisotopic (exact) mass is 331 g/mol. The third-order valence-corrected chi connectivity index (χ3v) is 4.13. The number of anilines is 1. The Bertz CT molecular complexity index is 665. The molecule has 1 aromatic heterocycles. The van der Waals surface area contributed by atoms with Gasteiger partial charge in [0.2, 0.25) is 0 Å². The van der Waals surface area contributed by atoms with Gasteiger partial charge < -0.3 is 15.4 Å². The SMILES string of the molecule is Nc1ccc(C(=O)N2CCC(Oc3ccc(Cl)cc3)CC2)cn1. The number of carbonyl (C=O) groups is 1. The van der Waals surface area contributed by atoms with Crippen LogP contribution in [0.25, 0.3) is 0 Å². The van der Waals surface area contributed by atoms with E-state index >= 15 is 0 Å². The molecule has 0 bridgehead atoms. The summed E-state index contributed by atoms with van der Waals surface area (Å²) in [6, 6.07) is 10.7. The molecule has 0 radical (unpaired) electrons. The van der Waals surface area contributed by atoms with E-state index in [1.54, 1.807) is 12.1 Å². The van der Waals surface area contributed by atoms with E-state index in [2.05, 4.69) is 4.98 Å². The third kappa shape index (κ3) is 3.93. The molecule has 1 aliphatic heterocycles. The van der Waals surface area contributed by atoms with Crippen LogP contribution in [0.5, 0.6) is 5.75 Å². The van der Waals surface area contributed by atoms with Crippen LogP contribution in [0.2, 0.25) is 5.02 Å². The van der Waals surface area contributed by atoms with E-state index in [1.807, 2.05) is 29.2 Å². The van der Waals surface area contributed by atoms with Gasteiger partial charge in [0.25, 0.3) is 5.91 Å². The zero-order valence-electron chi connectivity index (χ0n) is 12.6. The van der Waals surface area contributed by atoms with E-state index in [1.165, 1.54) is 6.20 Å². The first-order chi connectivity index (χ1) is 11.1. The maximum Gasteiger partial charge on any atom is 0.255 e. The van der Waals surface area contributed by atoms with Crippen molar-refractivity contribution in [2.75, 3.05) is 18.8 Å². The number of halogens is 1. The molecule has 2 heterocycles. The second kappa shape index (κ2) is 6.87. The number of piperidine rings is 1. The van der Waals surface area contributed by atoms with Crippen molar-refractivity contribution in [2.24, 2.45) is 0 Å². The van der Waals surface area contributed by atoms with Crippen molar-refractivity contribution in [3.05, 3.63) is 53.2 Å². The van der Waals surface area contributed by atoms with E-state index in [0.717, 1.165) is 18.6 Å². The largest absolute Gasteiger partial charge is 0.490 e. The van der Waals surface area contributed by atoms with Crippen LogP contribution in [0.15, 0.2) is 42.6 Å². The summed E-state index contributed by atoms with van der Waals surface area (Å²) in [4.78, 5) is 18.2. The third-order valence-electron chi connectivity index (χ3n) is 3.88. The topological polar surface area (TPSA) is 68.5 Å². The highest BCUT2D eigenvalue weighted by Gasteiger charge is 2.24. The molecule has 1 saturated heterocycles. The number of nitrogens with two attached hydrogens (primary N) is 1. The van der Waals surface area contributed by atoms with Gasteiger partial charge in [-0.05, 0) is 36.4 Å². The van der Waals surface area contributed by atoms with Gasteiger partial charge in [-0.2, -0.15) is 0 Å². The smallest absolute Gasteiger partial charge is 0.255 e. The van der Waals surface area contributed by atoms with Crippen molar-refractivity contribution in [1.29, 1.82) is 0 Å². The molecule has 1 aliphatic rings. The van der Waals surface area contributed by atoms with E-state index in [-0.39, 0.29) is 12.0 Å². The van der Waals surface area contributed by atoms with Crippen molar-refractivity contribution in [2.45, 2.75) is 18.9 Å². The quantitative estimate of drug-likeness (QED) is 0.938. The highest BCUT2D eigenvalue weighted by Crippen LogP contribution is 2.21. The first-order valence-corrected chi connectivity index (χ1v) is 7.92. The summed E-state index contributed by atoms with van der Waals surface area (Å²) in [6.07, 6.45) is 3.24. The van der Waals surface area contributed by atoms with Gasteiger partial charge in [0.1, 0.15) is 17.7 Å². The zero-order chi connectivity index (χ0) is 16.2. The molecule has 0 atom stereocenters. The molecule has 0 unspecified atom stereocenters. The van der Waals surface area contributed by atoms with E-state index in [9.17, 15) is 4.79 Å². The van der Waals surface area contributed by atoms with Gasteiger partial charge in [0, 0.05) is 37.2 Å². The molecular formula is C17H18ClN3O2. The van der Waals surface area contributed by atoms with Gasteiger partial charge in [0.05, 0.1) is 5.56 Å². The van der Waals surface area contributed by atoms with Crippen LogP contribution in [0.1, 0.15) is 23.2 Å². The minimum Gasteiger partial charge on any atom is -0.490 e. The number of benzene rings is 1. The number of nitrogens with zero attached hydrogens (tertiary/aromatic N) is 2. The number of rotatable bonds is 3. The molecular weight excluding hydrogens is 314 g/mol. The Labute approximate surface area is 140 Å². The number of ether oxygens (including phenoxy) is 1. The fraction of sp³-hybridized carbons (Fsp3) is 0.294. The second-order valence-corrected chi connectivity index (χ2v) is 5.97. The first-order valence-electron chi connectivity index (χ1n) is 7.55. The van der Waals surface area contributed by atoms with Gasteiger partial charge in [-0.25, -0.2) is 4.98 Å². The minimum atomic E-state index is -0.0116. The number of amides is 1. The summed E-state index contributed by atoms with van der Waals surface area (Å²) in [5.74, 6) is 1.21. The Balaban J connectivity index is 1.54. The molecule has 2 aromatic rings. The highest BCUT2D eigenvalue weighted by molar-refractivity contribution is 6.30. The molecule has 2 N–H and O–H groups in total. The van der Waals surface area contributed by atoms with Crippen LogP contribution in [0.3, 0.4) is 0 Å². The normalized spacial score (nSPS) is 15.4. The number of nitrogen functional groups attached to an aromatic ring is 1. The summed E-state index contributed by atoms with van der Waals surface area (Å²) >= 11 is 5.86. The summed E-state index contributed by atoms with van der Waals surface area (Å²) in [7, 11) is 0. The molecule has 5 nitrogen and oxygen atoms in total. The van der Waals surface area contributed by atoms with Crippen molar-refractivity contribution < 1.29 is 9.53 Å². The molecule has 6 heteroatoms. The fourth-order valence-electron chi connectivity index (χ4n) is 2.60. The molecule has 3 rings (SSSR count). The number of hydrogen-bond donors (Lipinski definition) is 1. The number of pyridine rings is 1. The summed E-state index contributed by atoms with van der Waals surface area (Å²) < 4.78 is 5.93. The molecule has 120 valence electrons. The van der Waals surface area contributed by atoms with Crippen molar-refractivity contribution in [1.82, 2.24) is 9.88 Å². The molecule has 0 saturated carbocycles. The highest BCUT2D eigenvalue weighted by atomic mass is 35.5. The summed E-state index contributed by atoms with van der Waals surface area (Å²) in [5.41, 5.74) is 6.11. The van der Waals surface area contributed by atoms with Crippen LogP contribution < -0.4 is 10.5 Å². The number of aromatic nitrogens is 1. The standard InChI is InChI=1S/C17H18ClN3O2/c18-13-2-4-14(5-3-13)23-15-7-9-21(10-8-15)17(22)12-1-6-16(19)20-11-12/h1-6,11,15H,7-10H2,(H2,19,20). The van der Waals surface area contributed by atoms with Crippen molar-refractivity contribution >= 4 is 23.3 Å². The van der Waals surface area contributed by atoms with Gasteiger partial charge in [-0.1, -0.05) is 11.6 Å². The first kappa shape index (κ1) is 15.6.